The molecule has 1 unspecified atom stereocenters. The maximum atomic E-state index is 12.7. The predicted molar refractivity (Wildman–Crippen MR) is 98.5 cm³/mol. The van der Waals surface area contributed by atoms with Crippen LogP contribution in [0.1, 0.15) is 63.0 Å². The van der Waals surface area contributed by atoms with Crippen molar-refractivity contribution in [3.63, 3.8) is 0 Å². The van der Waals surface area contributed by atoms with Crippen LogP contribution in [0.4, 0.5) is 0 Å². The van der Waals surface area contributed by atoms with Crippen LogP contribution in [0.5, 0.6) is 11.5 Å². The molecule has 1 aliphatic rings. The maximum absolute atomic E-state index is 12.7. The van der Waals surface area contributed by atoms with Gasteiger partial charge in [0.15, 0.2) is 11.5 Å². The Morgan fingerprint density at radius 1 is 1.08 bits per heavy atom. The van der Waals surface area contributed by atoms with E-state index in [9.17, 15) is 14.7 Å². The summed E-state index contributed by atoms with van der Waals surface area (Å²) >= 11 is 0. The molecule has 1 amide bonds. The fraction of sp³-hybridized carbons (Fsp3) is 0.600. The highest BCUT2D eigenvalue weighted by molar-refractivity contribution is 5.80. The van der Waals surface area contributed by atoms with Gasteiger partial charge in [-0.1, -0.05) is 38.2 Å². The number of hydrogen-bond acceptors (Lipinski definition) is 4. The summed E-state index contributed by atoms with van der Waals surface area (Å²) in [5, 5.41) is 12.2. The van der Waals surface area contributed by atoms with Crippen LogP contribution in [0.2, 0.25) is 0 Å². The predicted octanol–water partition coefficient (Wildman–Crippen LogP) is 3.70. The number of nitrogens with one attached hydrogen (secondary N) is 1. The molecule has 0 heterocycles. The highest BCUT2D eigenvalue weighted by Crippen LogP contribution is 2.31. The summed E-state index contributed by atoms with van der Waals surface area (Å²) in [4.78, 5) is 24.1. The number of methoxy groups -OCH3 is 2. The monoisotopic (exact) mass is 363 g/mol. The average molecular weight is 363 g/mol. The molecule has 1 aliphatic carbocycles. The van der Waals surface area contributed by atoms with Gasteiger partial charge in [-0.25, -0.2) is 0 Å². The Kier molecular flexibility index (Phi) is 7.75. The summed E-state index contributed by atoms with van der Waals surface area (Å²) < 4.78 is 10.5. The summed E-state index contributed by atoms with van der Waals surface area (Å²) in [6, 6.07) is 4.63. The Balaban J connectivity index is 2.15. The van der Waals surface area contributed by atoms with E-state index in [2.05, 4.69) is 5.32 Å². The van der Waals surface area contributed by atoms with Crippen LogP contribution in [0.3, 0.4) is 0 Å². The molecule has 26 heavy (non-hydrogen) atoms. The van der Waals surface area contributed by atoms with Gasteiger partial charge in [0, 0.05) is 5.92 Å². The fourth-order valence-corrected chi connectivity index (χ4v) is 3.50. The zero-order chi connectivity index (χ0) is 18.9. The molecular weight excluding hydrogens is 334 g/mol. The molecule has 0 aliphatic heterocycles. The summed E-state index contributed by atoms with van der Waals surface area (Å²) in [5.74, 6) is 0.0414. The quantitative estimate of drug-likeness (QED) is 0.772. The van der Waals surface area contributed by atoms with E-state index in [1.165, 1.54) is 13.5 Å². The highest BCUT2D eigenvalue weighted by Gasteiger charge is 2.25. The minimum Gasteiger partial charge on any atom is -0.493 e. The number of carbonyl (C=O) groups is 2. The Bertz CT molecular complexity index is 608. The van der Waals surface area contributed by atoms with Crippen LogP contribution >= 0.6 is 0 Å². The molecule has 0 saturated heterocycles. The SMILES string of the molecule is COc1ccc(C(CC(=O)O)NC(=O)C2CCCCCCC2)cc1OC. The van der Waals surface area contributed by atoms with Gasteiger partial charge >= 0.3 is 5.97 Å². The molecule has 0 aromatic heterocycles. The first-order valence-corrected chi connectivity index (χ1v) is 9.29. The van der Waals surface area contributed by atoms with E-state index in [-0.39, 0.29) is 18.2 Å². The summed E-state index contributed by atoms with van der Waals surface area (Å²) in [6.45, 7) is 0. The van der Waals surface area contributed by atoms with Gasteiger partial charge in [0.25, 0.3) is 0 Å². The average Bonchev–Trinajstić information content (AvgIpc) is 2.59. The van der Waals surface area contributed by atoms with Gasteiger partial charge < -0.3 is 19.9 Å². The molecule has 1 saturated carbocycles. The molecule has 1 aromatic rings. The number of benzene rings is 1. The Morgan fingerprint density at radius 3 is 2.27 bits per heavy atom. The third-order valence-corrected chi connectivity index (χ3v) is 4.98. The number of aliphatic carboxylic acids is 1. The first-order chi connectivity index (χ1) is 12.5. The number of rotatable bonds is 7. The standard InChI is InChI=1S/C20H29NO5/c1-25-17-11-10-15(12-18(17)26-2)16(13-19(22)23)21-20(24)14-8-6-4-3-5-7-9-14/h10-12,14,16H,3-9,13H2,1-2H3,(H,21,24)(H,22,23). The summed E-state index contributed by atoms with van der Waals surface area (Å²) in [7, 11) is 3.07. The normalized spacial score (nSPS) is 16.8. The lowest BCUT2D eigenvalue weighted by atomic mass is 9.90. The van der Waals surface area contributed by atoms with E-state index < -0.39 is 12.0 Å². The van der Waals surface area contributed by atoms with Crippen LogP contribution in [0.25, 0.3) is 0 Å². The van der Waals surface area contributed by atoms with Crippen LogP contribution in [0, 0.1) is 5.92 Å². The molecule has 144 valence electrons. The van der Waals surface area contributed by atoms with E-state index in [1.54, 1.807) is 25.3 Å². The first-order valence-electron chi connectivity index (χ1n) is 9.29. The molecule has 6 nitrogen and oxygen atoms in total. The van der Waals surface area contributed by atoms with Crippen molar-refractivity contribution < 1.29 is 24.2 Å². The van der Waals surface area contributed by atoms with E-state index in [0.717, 1.165) is 38.5 Å². The molecular formula is C20H29NO5. The van der Waals surface area contributed by atoms with Gasteiger partial charge in [-0.15, -0.1) is 0 Å². The van der Waals surface area contributed by atoms with E-state index in [0.29, 0.717) is 17.1 Å². The third kappa shape index (κ3) is 5.64. The number of ether oxygens (including phenoxy) is 2. The first kappa shape index (κ1) is 20.1. The van der Waals surface area contributed by atoms with E-state index in [1.807, 2.05) is 0 Å². The second-order valence-corrected chi connectivity index (χ2v) is 6.82. The topological polar surface area (TPSA) is 84.9 Å². The summed E-state index contributed by atoms with van der Waals surface area (Å²) in [6.07, 6.45) is 7.25. The zero-order valence-corrected chi connectivity index (χ0v) is 15.6. The molecule has 0 bridgehead atoms. The van der Waals surface area contributed by atoms with Crippen molar-refractivity contribution in [2.24, 2.45) is 5.92 Å². The lowest BCUT2D eigenvalue weighted by molar-refractivity contribution is -0.138. The van der Waals surface area contributed by atoms with Crippen molar-refractivity contribution in [3.8, 4) is 11.5 Å². The number of carboxylic acid groups (broad SMARTS) is 1. The zero-order valence-electron chi connectivity index (χ0n) is 15.6. The van der Waals surface area contributed by atoms with Gasteiger partial charge in [0.05, 0.1) is 26.7 Å². The molecule has 1 aromatic carbocycles. The Labute approximate surface area is 154 Å². The van der Waals surface area contributed by atoms with Gasteiger partial charge in [0.1, 0.15) is 0 Å². The minimum absolute atomic E-state index is 0.0354. The third-order valence-electron chi connectivity index (χ3n) is 4.98. The van der Waals surface area contributed by atoms with E-state index >= 15 is 0 Å². The van der Waals surface area contributed by atoms with Crippen LogP contribution in [-0.4, -0.2) is 31.2 Å². The van der Waals surface area contributed by atoms with Crippen molar-refractivity contribution in [2.45, 2.75) is 57.4 Å². The van der Waals surface area contributed by atoms with Gasteiger partial charge in [0.2, 0.25) is 5.91 Å². The molecule has 1 atom stereocenters. The molecule has 6 heteroatoms. The highest BCUT2D eigenvalue weighted by atomic mass is 16.5. The lowest BCUT2D eigenvalue weighted by Gasteiger charge is -2.24. The Hall–Kier alpha value is -2.24. The Morgan fingerprint density at radius 2 is 1.69 bits per heavy atom. The van der Waals surface area contributed by atoms with Crippen molar-refractivity contribution in [2.75, 3.05) is 14.2 Å². The van der Waals surface area contributed by atoms with Gasteiger partial charge in [-0.2, -0.15) is 0 Å². The lowest BCUT2D eigenvalue weighted by Crippen LogP contribution is -2.35. The second kappa shape index (κ2) is 10.0. The smallest absolute Gasteiger partial charge is 0.305 e. The number of carboxylic acids is 1. The van der Waals surface area contributed by atoms with Gasteiger partial charge in [-0.05, 0) is 30.5 Å². The van der Waals surface area contributed by atoms with Crippen molar-refractivity contribution in [1.29, 1.82) is 0 Å². The molecule has 0 spiro atoms. The number of amides is 1. The van der Waals surface area contributed by atoms with E-state index in [4.69, 9.17) is 9.47 Å². The molecule has 2 rings (SSSR count). The fourth-order valence-electron chi connectivity index (χ4n) is 3.50. The number of carbonyl (C=O) groups excluding carboxylic acids is 1. The molecule has 2 N–H and O–H groups in total. The van der Waals surface area contributed by atoms with Crippen LogP contribution < -0.4 is 14.8 Å². The van der Waals surface area contributed by atoms with Crippen LogP contribution in [0.15, 0.2) is 18.2 Å². The van der Waals surface area contributed by atoms with Gasteiger partial charge in [-0.3, -0.25) is 9.59 Å². The molecule has 1 fully saturated rings. The van der Waals surface area contributed by atoms with Crippen molar-refractivity contribution in [1.82, 2.24) is 5.32 Å². The largest absolute Gasteiger partial charge is 0.493 e. The maximum Gasteiger partial charge on any atom is 0.305 e. The summed E-state index contributed by atoms with van der Waals surface area (Å²) in [5.41, 5.74) is 0.698. The number of hydrogen-bond donors (Lipinski definition) is 2. The van der Waals surface area contributed by atoms with Crippen molar-refractivity contribution in [3.05, 3.63) is 23.8 Å². The van der Waals surface area contributed by atoms with Crippen LogP contribution in [-0.2, 0) is 9.59 Å². The second-order valence-electron chi connectivity index (χ2n) is 6.82. The minimum atomic E-state index is -0.956. The van der Waals surface area contributed by atoms with Crippen molar-refractivity contribution >= 4 is 11.9 Å². The molecule has 0 radical (unpaired) electrons.